The lowest BCUT2D eigenvalue weighted by Gasteiger charge is -2.26. The number of nitrogens with zero attached hydrogens (tertiary/aromatic N) is 10. The molecule has 0 radical (unpaired) electrons. The molecule has 0 fully saturated rings. The molecule has 0 amide bonds. The fourth-order valence-electron chi connectivity index (χ4n) is 21.3. The summed E-state index contributed by atoms with van der Waals surface area (Å²) in [5, 5.41) is 4.50. The van der Waals surface area contributed by atoms with Crippen LogP contribution in [-0.4, -0.2) is 29.1 Å². The number of aromatic nitrogens is 6. The van der Waals surface area contributed by atoms with Crippen molar-refractivity contribution in [2.45, 2.75) is 48.5 Å². The monoisotopic (exact) mass is 1860 g/mol. The molecule has 0 aliphatic heterocycles. The zero-order valence-electron chi connectivity index (χ0n) is 81.7. The van der Waals surface area contributed by atoms with E-state index in [1.807, 2.05) is 0 Å². The van der Waals surface area contributed by atoms with Gasteiger partial charge in [0.25, 0.3) is 0 Å². The largest absolute Gasteiger partial charge is 0.310 e. The van der Waals surface area contributed by atoms with Crippen LogP contribution in [0, 0.1) is 48.5 Å². The third-order valence-corrected chi connectivity index (χ3v) is 28.4. The van der Waals surface area contributed by atoms with Crippen molar-refractivity contribution in [1.29, 1.82) is 0 Å². The molecule has 24 rings (SSSR count). The Hall–Kier alpha value is -18.6. The number of hydrogen-bond donors (Lipinski definition) is 0. The molecule has 0 N–H and O–H groups in total. The molecule has 0 bridgehead atoms. The van der Waals surface area contributed by atoms with E-state index in [1.165, 1.54) is 11.1 Å². The highest BCUT2D eigenvalue weighted by molar-refractivity contribution is 6.14. The minimum absolute atomic E-state index is 0.716. The van der Waals surface area contributed by atoms with Crippen molar-refractivity contribution in [3.8, 4) is 113 Å². The van der Waals surface area contributed by atoms with E-state index in [4.69, 9.17) is 19.9 Å². The highest BCUT2D eigenvalue weighted by Crippen LogP contribution is 2.49. The van der Waals surface area contributed by atoms with Gasteiger partial charge in [-0.1, -0.05) is 285 Å². The van der Waals surface area contributed by atoms with Gasteiger partial charge in [-0.3, -0.25) is 0 Å². The molecule has 0 atom stereocenters. The summed E-state index contributed by atoms with van der Waals surface area (Å²) in [6.45, 7) is 15.2. The molecule has 0 spiro atoms. The molecule has 0 aliphatic rings. The van der Waals surface area contributed by atoms with Crippen molar-refractivity contribution >= 4 is 112 Å². The summed E-state index contributed by atoms with van der Waals surface area (Å²) < 4.78 is 4.87. The average Bonchev–Trinajstić information content (AvgIpc) is 1.58. The van der Waals surface area contributed by atoms with Gasteiger partial charge < -0.3 is 28.7 Å². The second-order valence-electron chi connectivity index (χ2n) is 37.7. The Morgan fingerprint density at radius 1 is 0.159 bits per heavy atom. The van der Waals surface area contributed by atoms with Crippen LogP contribution in [0.3, 0.4) is 0 Å². The number of rotatable bonds is 23. The average molecular weight is 1860 g/mol. The molecule has 20 aromatic carbocycles. The Morgan fingerprint density at radius 2 is 0.386 bits per heavy atom. The molecule has 10 nitrogen and oxygen atoms in total. The molecule has 4 aromatic heterocycles. The summed E-state index contributed by atoms with van der Waals surface area (Å²) in [5.41, 5.74) is 43.9. The third-order valence-electron chi connectivity index (χ3n) is 28.4. The standard InChI is InChI=1S/C135H102N10/c1-89-34-26-30-50-116(89)125-87-126(137-134(136-125)119-52-32-28-36-91(119)3)118-75-62-100(80-93(118)5)98-58-67-110(68-59-98)144-129-76-71-112(140(102-38-14-8-15-39-102)103-40-16-9-17-41-103)83-121(129)123-85-114(73-78-131(123)144)142(106-46-22-12-23-47-106)108-63-54-96(55-64-108)97-56-65-109(66-57-97)143(107-48-24-13-25-49-107)115-74-79-132-124(86-115)122-84-113(141(104-42-18-10-19-43-104)105-44-20-11-21-45-105)72-77-130(122)145(132)111-69-60-99(61-70-111)101-81-94(6)133(95(7)82-101)128-88-127(117-51-31-27-35-90(117)2)138-135(139-128)120-53-33-29-37-92(120)4/h8-88H,1-7H3. The number of para-hydroxylation sites is 6. The second-order valence-corrected chi connectivity index (χ2v) is 37.7. The van der Waals surface area contributed by atoms with Gasteiger partial charge in [0.15, 0.2) is 11.6 Å². The predicted octanol–water partition coefficient (Wildman–Crippen LogP) is 36.5. The molecule has 692 valence electrons. The maximum Gasteiger partial charge on any atom is 0.160 e. The van der Waals surface area contributed by atoms with Gasteiger partial charge in [0, 0.05) is 135 Å². The second kappa shape index (κ2) is 38.2. The Morgan fingerprint density at radius 3 is 0.690 bits per heavy atom. The lowest BCUT2D eigenvalue weighted by atomic mass is 9.92. The van der Waals surface area contributed by atoms with Crippen LogP contribution in [0.2, 0.25) is 0 Å². The quantitative estimate of drug-likeness (QED) is 0.0627. The van der Waals surface area contributed by atoms with Crippen LogP contribution in [0.15, 0.2) is 491 Å². The molecule has 0 saturated heterocycles. The van der Waals surface area contributed by atoms with Crippen LogP contribution in [0.5, 0.6) is 0 Å². The Labute approximate surface area is 846 Å². The van der Waals surface area contributed by atoms with Gasteiger partial charge in [0.1, 0.15) is 0 Å². The molecule has 24 aromatic rings. The van der Waals surface area contributed by atoms with Gasteiger partial charge in [-0.15, -0.1) is 0 Å². The number of fused-ring (bicyclic) bond motifs is 6. The fraction of sp³-hybridized carbons (Fsp3) is 0.0519. The van der Waals surface area contributed by atoms with Crippen LogP contribution in [0.25, 0.3) is 156 Å². The van der Waals surface area contributed by atoms with Crippen LogP contribution >= 0.6 is 0 Å². The highest BCUT2D eigenvalue weighted by Gasteiger charge is 2.27. The smallest absolute Gasteiger partial charge is 0.160 e. The van der Waals surface area contributed by atoms with Crippen LogP contribution in [-0.2, 0) is 0 Å². The molecular formula is C135H102N10. The molecule has 4 heterocycles. The van der Waals surface area contributed by atoms with Crippen molar-refractivity contribution in [1.82, 2.24) is 29.1 Å². The lowest BCUT2D eigenvalue weighted by molar-refractivity contribution is 1.16. The van der Waals surface area contributed by atoms with Gasteiger partial charge in [0.2, 0.25) is 0 Å². The predicted molar refractivity (Wildman–Crippen MR) is 607 cm³/mol. The van der Waals surface area contributed by atoms with E-state index in [1.54, 1.807) is 0 Å². The molecule has 0 unspecified atom stereocenters. The van der Waals surface area contributed by atoms with E-state index < -0.39 is 0 Å². The normalized spacial score (nSPS) is 11.4. The summed E-state index contributed by atoms with van der Waals surface area (Å²) in [6, 6.07) is 178. The van der Waals surface area contributed by atoms with Crippen molar-refractivity contribution in [3.05, 3.63) is 530 Å². The first-order chi connectivity index (χ1) is 71.3. The van der Waals surface area contributed by atoms with Crippen molar-refractivity contribution in [2.24, 2.45) is 0 Å². The SMILES string of the molecule is Cc1ccccc1-c1cc(-c2ccc(-c3ccc(-n4c5ccc(N(c6ccccc6)c6ccccc6)cc5c5cc(N(c6ccccc6)c6ccc(-c7ccc(N(c8ccccc8)c8ccc9c(c8)c8cc(N(c%10ccccc%10)c%10ccccc%10)ccc8n9-c8ccc(-c9cc(C)c(-c%10cc(-c%11ccccc%11C)nc(-c%11ccccc%11C)n%10)c(C)c9)cc8)cc7)cc6)ccc54)cc3)cc2C)nc(-c2ccccc2C)n1. The first-order valence-electron chi connectivity index (χ1n) is 49.6. The number of hydrogen-bond acceptors (Lipinski definition) is 8. The summed E-state index contributed by atoms with van der Waals surface area (Å²) in [5.74, 6) is 1.44. The minimum atomic E-state index is 0.716. The fourth-order valence-corrected chi connectivity index (χ4v) is 21.3. The molecule has 0 saturated carbocycles. The van der Waals surface area contributed by atoms with Gasteiger partial charge in [-0.25, -0.2) is 19.9 Å². The zero-order chi connectivity index (χ0) is 97.7. The Bertz CT molecular complexity index is 8750. The summed E-state index contributed by atoms with van der Waals surface area (Å²) in [6.07, 6.45) is 0. The molecule has 0 aliphatic carbocycles. The van der Waals surface area contributed by atoms with E-state index in [2.05, 4.69) is 569 Å². The van der Waals surface area contributed by atoms with E-state index >= 15 is 0 Å². The summed E-state index contributed by atoms with van der Waals surface area (Å²) in [7, 11) is 0. The van der Waals surface area contributed by atoms with Crippen LogP contribution in [0.4, 0.5) is 68.2 Å². The van der Waals surface area contributed by atoms with E-state index in [0.29, 0.717) is 5.82 Å². The Balaban J connectivity index is 0.567. The number of benzene rings is 20. The first-order valence-corrected chi connectivity index (χ1v) is 49.6. The lowest BCUT2D eigenvalue weighted by Crippen LogP contribution is -2.10. The van der Waals surface area contributed by atoms with Crippen LogP contribution in [0.1, 0.15) is 38.9 Å². The van der Waals surface area contributed by atoms with Crippen molar-refractivity contribution < 1.29 is 0 Å². The third kappa shape index (κ3) is 17.1. The van der Waals surface area contributed by atoms with E-state index in [0.717, 1.165) is 246 Å². The molecular weight excluding hydrogens is 1760 g/mol. The minimum Gasteiger partial charge on any atom is -0.310 e. The van der Waals surface area contributed by atoms with Gasteiger partial charge in [0.05, 0.1) is 44.8 Å². The maximum absolute atomic E-state index is 5.35. The van der Waals surface area contributed by atoms with Gasteiger partial charge in [-0.05, 0) is 327 Å². The van der Waals surface area contributed by atoms with E-state index in [9.17, 15) is 0 Å². The summed E-state index contributed by atoms with van der Waals surface area (Å²) >= 11 is 0. The Kier molecular flexibility index (Phi) is 23.4. The first kappa shape index (κ1) is 89.0. The molecule has 145 heavy (non-hydrogen) atoms. The van der Waals surface area contributed by atoms with Crippen molar-refractivity contribution in [3.63, 3.8) is 0 Å². The van der Waals surface area contributed by atoms with Crippen molar-refractivity contribution in [2.75, 3.05) is 19.6 Å². The molecule has 10 heteroatoms. The van der Waals surface area contributed by atoms with E-state index in [-0.39, 0.29) is 0 Å². The van der Waals surface area contributed by atoms with Gasteiger partial charge >= 0.3 is 0 Å². The van der Waals surface area contributed by atoms with Gasteiger partial charge in [-0.2, -0.15) is 0 Å². The maximum atomic E-state index is 5.35. The zero-order valence-corrected chi connectivity index (χ0v) is 81.7. The number of anilines is 12. The highest BCUT2D eigenvalue weighted by atomic mass is 15.2. The summed E-state index contributed by atoms with van der Waals surface area (Å²) in [4.78, 5) is 30.6. The van der Waals surface area contributed by atoms with Crippen LogP contribution < -0.4 is 19.6 Å². The number of aryl methyl sites for hydroxylation is 7. The topological polar surface area (TPSA) is 74.4 Å².